The average Bonchev–Trinajstić information content (AvgIpc) is 3.17. The second kappa shape index (κ2) is 7.47. The van der Waals surface area contributed by atoms with Crippen LogP contribution in [0.2, 0.25) is 0 Å². The van der Waals surface area contributed by atoms with Gasteiger partial charge in [0.2, 0.25) is 5.91 Å². The molecule has 8 nitrogen and oxygen atoms in total. The Bertz CT molecular complexity index is 710. The monoisotopic (exact) mass is 349 g/mol. The lowest BCUT2D eigenvalue weighted by Gasteiger charge is -2.15. The van der Waals surface area contributed by atoms with E-state index >= 15 is 0 Å². The molecule has 1 aromatic heterocycles. The van der Waals surface area contributed by atoms with Gasteiger partial charge in [-0.05, 0) is 24.8 Å². The summed E-state index contributed by atoms with van der Waals surface area (Å²) in [6.45, 7) is 3.34. The van der Waals surface area contributed by atoms with Crippen LogP contribution in [0.1, 0.15) is 38.3 Å². The molecule has 1 amide bonds. The fraction of sp³-hybridized carbons (Fsp3) is 0.588. The normalized spacial score (nSPS) is 27.0. The predicted molar refractivity (Wildman–Crippen MR) is 89.8 cm³/mol. The number of nitrogens with zero attached hydrogens (tertiary/aromatic N) is 2. The maximum Gasteiger partial charge on any atom is 0.351 e. The van der Waals surface area contributed by atoms with Crippen molar-refractivity contribution in [2.75, 3.05) is 11.9 Å². The minimum absolute atomic E-state index is 0.145. The molecule has 3 atom stereocenters. The van der Waals surface area contributed by atoms with Gasteiger partial charge in [-0.25, -0.2) is 4.79 Å². The molecule has 0 unspecified atom stereocenters. The molecule has 0 spiro atoms. The Labute approximate surface area is 145 Å². The van der Waals surface area contributed by atoms with Crippen molar-refractivity contribution in [2.45, 2.75) is 50.5 Å². The maximum absolute atomic E-state index is 12.2. The zero-order valence-corrected chi connectivity index (χ0v) is 13.9. The van der Waals surface area contributed by atoms with Crippen LogP contribution < -0.4 is 11.0 Å². The van der Waals surface area contributed by atoms with E-state index in [-0.39, 0.29) is 23.9 Å². The van der Waals surface area contributed by atoms with Crippen molar-refractivity contribution in [3.05, 3.63) is 34.9 Å². The highest BCUT2D eigenvalue weighted by atomic mass is 16.5. The zero-order valence-electron chi connectivity index (χ0n) is 13.9. The zero-order chi connectivity index (χ0) is 18.0. The second-order valence-electron chi connectivity index (χ2n) is 6.63. The molecule has 1 aliphatic heterocycles. The molecular formula is C17H23N3O5. The van der Waals surface area contributed by atoms with E-state index in [1.54, 1.807) is 0 Å². The summed E-state index contributed by atoms with van der Waals surface area (Å²) in [6.07, 6.45) is 3.57. The van der Waals surface area contributed by atoms with Gasteiger partial charge in [0, 0.05) is 18.2 Å². The van der Waals surface area contributed by atoms with Crippen LogP contribution >= 0.6 is 0 Å². The predicted octanol–water partition coefficient (Wildman–Crippen LogP) is 0.569. The Balaban J connectivity index is 1.67. The van der Waals surface area contributed by atoms with Crippen molar-refractivity contribution < 1.29 is 19.7 Å². The van der Waals surface area contributed by atoms with E-state index in [0.717, 1.165) is 25.7 Å². The number of amides is 1. The van der Waals surface area contributed by atoms with Crippen molar-refractivity contribution in [1.29, 1.82) is 0 Å². The SMILES string of the molecule is C=C1[C@H](n2ccc(NC(=O)CC3CCCC3)nc2=O)O[C@H](CO)[C@H]1O. The van der Waals surface area contributed by atoms with Crippen LogP contribution in [0, 0.1) is 5.92 Å². The van der Waals surface area contributed by atoms with E-state index in [2.05, 4.69) is 16.9 Å². The number of aromatic nitrogens is 2. The van der Waals surface area contributed by atoms with Gasteiger partial charge < -0.3 is 20.3 Å². The van der Waals surface area contributed by atoms with Gasteiger partial charge in [0.1, 0.15) is 18.0 Å². The fourth-order valence-electron chi connectivity index (χ4n) is 3.43. The number of hydrogen-bond acceptors (Lipinski definition) is 6. The minimum atomic E-state index is -1.05. The number of aliphatic hydroxyl groups is 2. The van der Waals surface area contributed by atoms with Crippen LogP contribution in [-0.4, -0.2) is 44.5 Å². The highest BCUT2D eigenvalue weighted by molar-refractivity contribution is 5.89. The Hall–Kier alpha value is -2.03. The summed E-state index contributed by atoms with van der Waals surface area (Å²) in [7, 11) is 0. The largest absolute Gasteiger partial charge is 0.394 e. The third-order valence-corrected chi connectivity index (χ3v) is 4.83. The Morgan fingerprint density at radius 1 is 1.44 bits per heavy atom. The summed E-state index contributed by atoms with van der Waals surface area (Å²) in [6, 6.07) is 1.50. The molecular weight excluding hydrogens is 326 g/mol. The molecule has 0 radical (unpaired) electrons. The molecule has 0 aromatic carbocycles. The van der Waals surface area contributed by atoms with E-state index in [4.69, 9.17) is 4.74 Å². The highest BCUT2D eigenvalue weighted by Crippen LogP contribution is 2.32. The van der Waals surface area contributed by atoms with E-state index in [1.165, 1.54) is 16.8 Å². The first-order chi connectivity index (χ1) is 12.0. The molecule has 25 heavy (non-hydrogen) atoms. The van der Waals surface area contributed by atoms with Gasteiger partial charge in [0.15, 0.2) is 6.23 Å². The lowest BCUT2D eigenvalue weighted by molar-refractivity contribution is -0.117. The number of ether oxygens (including phenoxy) is 1. The third kappa shape index (κ3) is 3.81. The smallest absolute Gasteiger partial charge is 0.351 e. The molecule has 136 valence electrons. The Morgan fingerprint density at radius 3 is 2.76 bits per heavy atom. The van der Waals surface area contributed by atoms with Gasteiger partial charge in [-0.15, -0.1) is 0 Å². The van der Waals surface area contributed by atoms with E-state index in [1.807, 2.05) is 0 Å². The molecule has 3 N–H and O–H groups in total. The summed E-state index contributed by atoms with van der Waals surface area (Å²) in [5, 5.41) is 21.7. The van der Waals surface area contributed by atoms with Gasteiger partial charge in [-0.3, -0.25) is 9.36 Å². The summed E-state index contributed by atoms with van der Waals surface area (Å²) in [4.78, 5) is 28.1. The van der Waals surface area contributed by atoms with E-state index in [0.29, 0.717) is 12.3 Å². The highest BCUT2D eigenvalue weighted by Gasteiger charge is 2.38. The quantitative estimate of drug-likeness (QED) is 0.670. The van der Waals surface area contributed by atoms with Gasteiger partial charge in [0.05, 0.1) is 6.61 Å². The van der Waals surface area contributed by atoms with Crippen LogP contribution in [0.4, 0.5) is 5.82 Å². The summed E-state index contributed by atoms with van der Waals surface area (Å²) >= 11 is 0. The lowest BCUT2D eigenvalue weighted by atomic mass is 10.0. The second-order valence-corrected chi connectivity index (χ2v) is 6.63. The van der Waals surface area contributed by atoms with Crippen LogP contribution in [0.5, 0.6) is 0 Å². The van der Waals surface area contributed by atoms with Crippen molar-refractivity contribution in [3.8, 4) is 0 Å². The average molecular weight is 349 g/mol. The number of carbonyl (C=O) groups is 1. The van der Waals surface area contributed by atoms with Crippen LogP contribution in [0.25, 0.3) is 0 Å². The molecule has 0 bridgehead atoms. The third-order valence-electron chi connectivity index (χ3n) is 4.83. The van der Waals surface area contributed by atoms with Gasteiger partial charge in [0.25, 0.3) is 0 Å². The fourth-order valence-corrected chi connectivity index (χ4v) is 3.43. The number of nitrogens with one attached hydrogen (secondary N) is 1. The van der Waals surface area contributed by atoms with Gasteiger partial charge in [-0.2, -0.15) is 4.98 Å². The van der Waals surface area contributed by atoms with Crippen molar-refractivity contribution in [3.63, 3.8) is 0 Å². The van der Waals surface area contributed by atoms with Crippen LogP contribution in [0.3, 0.4) is 0 Å². The van der Waals surface area contributed by atoms with Crippen molar-refractivity contribution in [2.24, 2.45) is 5.92 Å². The molecule has 8 heteroatoms. The lowest BCUT2D eigenvalue weighted by Crippen LogP contribution is -2.29. The number of anilines is 1. The first-order valence-corrected chi connectivity index (χ1v) is 8.51. The summed E-state index contributed by atoms with van der Waals surface area (Å²) in [5.74, 6) is 0.452. The van der Waals surface area contributed by atoms with Crippen molar-refractivity contribution >= 4 is 11.7 Å². The molecule has 2 heterocycles. The van der Waals surface area contributed by atoms with Crippen molar-refractivity contribution in [1.82, 2.24) is 9.55 Å². The van der Waals surface area contributed by atoms with Gasteiger partial charge >= 0.3 is 5.69 Å². The summed E-state index contributed by atoms with van der Waals surface area (Å²) < 4.78 is 6.62. The topological polar surface area (TPSA) is 114 Å². The molecule has 2 fully saturated rings. The molecule has 1 aromatic rings. The number of aliphatic hydroxyl groups excluding tert-OH is 2. The minimum Gasteiger partial charge on any atom is -0.394 e. The van der Waals surface area contributed by atoms with E-state index in [9.17, 15) is 19.8 Å². The Kier molecular flexibility index (Phi) is 5.31. The maximum atomic E-state index is 12.2. The number of rotatable bonds is 5. The molecule has 2 aliphatic rings. The van der Waals surface area contributed by atoms with Crippen LogP contribution in [-0.2, 0) is 9.53 Å². The first kappa shape index (κ1) is 17.8. The molecule has 3 rings (SSSR count). The first-order valence-electron chi connectivity index (χ1n) is 8.51. The molecule has 1 saturated heterocycles. The number of carbonyl (C=O) groups excluding carboxylic acids is 1. The summed E-state index contributed by atoms with van der Waals surface area (Å²) in [5.41, 5.74) is -0.350. The van der Waals surface area contributed by atoms with Gasteiger partial charge in [-0.1, -0.05) is 19.4 Å². The van der Waals surface area contributed by atoms with Crippen LogP contribution in [0.15, 0.2) is 29.2 Å². The van der Waals surface area contributed by atoms with E-state index < -0.39 is 24.1 Å². The molecule has 1 aliphatic carbocycles. The Morgan fingerprint density at radius 2 is 2.16 bits per heavy atom. The molecule has 1 saturated carbocycles. The standard InChI is InChI=1S/C17H23N3O5/c1-10-15(23)12(9-21)25-16(10)20-7-6-13(19-17(20)24)18-14(22)8-11-4-2-3-5-11/h6-7,11-12,15-16,21,23H,1-5,8-9H2,(H,18,19,22,24)/t12-,15+,16-/m1/s1. The number of hydrogen-bond donors (Lipinski definition) is 3.